The number of aryl methyl sites for hydroxylation is 2. The van der Waals surface area contributed by atoms with E-state index in [2.05, 4.69) is 16.0 Å². The van der Waals surface area contributed by atoms with Crippen LogP contribution < -0.4 is 4.90 Å². The van der Waals surface area contributed by atoms with Crippen LogP contribution in [0.1, 0.15) is 33.2 Å². The van der Waals surface area contributed by atoms with Crippen LogP contribution in [0.3, 0.4) is 0 Å². The maximum atomic E-state index is 12.5. The zero-order valence-electron chi connectivity index (χ0n) is 16.6. The zero-order valence-corrected chi connectivity index (χ0v) is 17.3. The number of aromatic nitrogens is 2. The number of amides is 1. The Bertz CT molecular complexity index is 1010. The van der Waals surface area contributed by atoms with Gasteiger partial charge in [0.25, 0.3) is 5.91 Å². The molecule has 7 heteroatoms. The fourth-order valence-corrected chi connectivity index (χ4v) is 3.93. The fourth-order valence-electron chi connectivity index (χ4n) is 3.71. The van der Waals surface area contributed by atoms with Gasteiger partial charge in [-0.05, 0) is 43.7 Å². The van der Waals surface area contributed by atoms with Gasteiger partial charge in [-0.2, -0.15) is 0 Å². The van der Waals surface area contributed by atoms with E-state index in [9.17, 15) is 4.79 Å². The number of nitrogens with zero attached hydrogens (tertiary/aromatic N) is 4. The highest BCUT2D eigenvalue weighted by molar-refractivity contribution is 6.30. The standard InChI is InChI=1S/C22H23ClN4O2/c1-15-19(14-17-5-3-6-18(23)13-17)21(25-16(2)24-15)26-8-10-27(11-9-26)22(28)20-7-4-12-29-20/h3-7,12-13H,8-11,14H2,1-2H3. The molecule has 0 bridgehead atoms. The lowest BCUT2D eigenvalue weighted by Crippen LogP contribution is -2.49. The van der Waals surface area contributed by atoms with Gasteiger partial charge in [-0.25, -0.2) is 9.97 Å². The van der Waals surface area contributed by atoms with Crippen LogP contribution in [0.5, 0.6) is 0 Å². The molecule has 1 fully saturated rings. The number of carbonyl (C=O) groups excluding carboxylic acids is 1. The van der Waals surface area contributed by atoms with Gasteiger partial charge >= 0.3 is 0 Å². The highest BCUT2D eigenvalue weighted by atomic mass is 35.5. The van der Waals surface area contributed by atoms with E-state index in [1.807, 2.05) is 36.9 Å². The van der Waals surface area contributed by atoms with Gasteiger partial charge in [-0.15, -0.1) is 0 Å². The first-order valence-corrected chi connectivity index (χ1v) is 10.1. The summed E-state index contributed by atoms with van der Waals surface area (Å²) in [5.41, 5.74) is 3.20. The SMILES string of the molecule is Cc1nc(C)c(Cc2cccc(Cl)c2)c(N2CCN(C(=O)c3ccco3)CC2)n1. The van der Waals surface area contributed by atoms with Crippen molar-refractivity contribution < 1.29 is 9.21 Å². The molecule has 6 nitrogen and oxygen atoms in total. The number of hydrogen-bond acceptors (Lipinski definition) is 5. The topological polar surface area (TPSA) is 62.5 Å². The molecule has 0 spiro atoms. The molecule has 3 aromatic rings. The minimum Gasteiger partial charge on any atom is -0.459 e. The van der Waals surface area contributed by atoms with Crippen molar-refractivity contribution in [2.24, 2.45) is 0 Å². The van der Waals surface area contributed by atoms with Crippen LogP contribution in [0.25, 0.3) is 0 Å². The summed E-state index contributed by atoms with van der Waals surface area (Å²) in [7, 11) is 0. The Morgan fingerprint density at radius 2 is 1.90 bits per heavy atom. The highest BCUT2D eigenvalue weighted by Gasteiger charge is 2.26. The zero-order chi connectivity index (χ0) is 20.4. The number of carbonyl (C=O) groups is 1. The lowest BCUT2D eigenvalue weighted by molar-refractivity contribution is 0.0714. The highest BCUT2D eigenvalue weighted by Crippen LogP contribution is 2.26. The molecule has 0 atom stereocenters. The second-order valence-corrected chi connectivity index (χ2v) is 7.66. The molecular weight excluding hydrogens is 388 g/mol. The molecule has 0 saturated carbocycles. The van der Waals surface area contributed by atoms with Gasteiger partial charge in [0.1, 0.15) is 11.6 Å². The van der Waals surface area contributed by atoms with Crippen LogP contribution in [0.2, 0.25) is 5.02 Å². The van der Waals surface area contributed by atoms with Gasteiger partial charge in [0.2, 0.25) is 0 Å². The Morgan fingerprint density at radius 1 is 1.10 bits per heavy atom. The predicted molar refractivity (Wildman–Crippen MR) is 113 cm³/mol. The molecule has 2 aromatic heterocycles. The molecule has 1 amide bonds. The molecule has 29 heavy (non-hydrogen) atoms. The third-order valence-electron chi connectivity index (χ3n) is 5.17. The lowest BCUT2D eigenvalue weighted by atomic mass is 10.0. The summed E-state index contributed by atoms with van der Waals surface area (Å²) in [5, 5.41) is 0.722. The van der Waals surface area contributed by atoms with Crippen molar-refractivity contribution in [3.8, 4) is 0 Å². The molecule has 0 radical (unpaired) electrons. The number of rotatable bonds is 4. The first-order chi connectivity index (χ1) is 14.0. The van der Waals surface area contributed by atoms with Crippen LogP contribution >= 0.6 is 11.6 Å². The molecule has 1 aliphatic heterocycles. The maximum absolute atomic E-state index is 12.5. The molecule has 150 valence electrons. The largest absolute Gasteiger partial charge is 0.459 e. The van der Waals surface area contributed by atoms with E-state index >= 15 is 0 Å². The summed E-state index contributed by atoms with van der Waals surface area (Å²) in [6, 6.07) is 11.3. The van der Waals surface area contributed by atoms with Crippen molar-refractivity contribution in [2.45, 2.75) is 20.3 Å². The van der Waals surface area contributed by atoms with Crippen molar-refractivity contribution >= 4 is 23.3 Å². The van der Waals surface area contributed by atoms with Crippen LogP contribution in [0.15, 0.2) is 47.1 Å². The van der Waals surface area contributed by atoms with E-state index in [0.717, 1.165) is 33.5 Å². The van der Waals surface area contributed by atoms with Crippen molar-refractivity contribution in [2.75, 3.05) is 31.1 Å². The van der Waals surface area contributed by atoms with E-state index in [4.69, 9.17) is 21.0 Å². The van der Waals surface area contributed by atoms with E-state index in [1.165, 1.54) is 6.26 Å². The van der Waals surface area contributed by atoms with E-state index in [-0.39, 0.29) is 5.91 Å². The van der Waals surface area contributed by atoms with Gasteiger partial charge in [0, 0.05) is 48.9 Å². The Labute approximate surface area is 175 Å². The number of anilines is 1. The molecule has 1 aliphatic rings. The molecule has 1 saturated heterocycles. The van der Waals surface area contributed by atoms with Crippen molar-refractivity contribution in [3.63, 3.8) is 0 Å². The van der Waals surface area contributed by atoms with Crippen LogP contribution in [-0.2, 0) is 6.42 Å². The van der Waals surface area contributed by atoms with Crippen LogP contribution in [-0.4, -0.2) is 47.0 Å². The summed E-state index contributed by atoms with van der Waals surface area (Å²) < 4.78 is 5.25. The molecule has 0 N–H and O–H groups in total. The quantitative estimate of drug-likeness (QED) is 0.652. The molecule has 0 aliphatic carbocycles. The first-order valence-electron chi connectivity index (χ1n) is 9.67. The minimum absolute atomic E-state index is 0.0659. The van der Waals surface area contributed by atoms with Gasteiger partial charge < -0.3 is 14.2 Å². The fraction of sp³-hybridized carbons (Fsp3) is 0.318. The van der Waals surface area contributed by atoms with E-state index in [1.54, 1.807) is 12.1 Å². The smallest absolute Gasteiger partial charge is 0.289 e. The third kappa shape index (κ3) is 4.27. The summed E-state index contributed by atoms with van der Waals surface area (Å²) in [5.74, 6) is 2.01. The minimum atomic E-state index is -0.0659. The average molecular weight is 411 g/mol. The monoisotopic (exact) mass is 410 g/mol. The average Bonchev–Trinajstić information content (AvgIpc) is 3.24. The molecule has 0 unspecified atom stereocenters. The summed E-state index contributed by atoms with van der Waals surface area (Å²) in [6.07, 6.45) is 2.24. The molecular formula is C22H23ClN4O2. The summed E-state index contributed by atoms with van der Waals surface area (Å²) in [6.45, 7) is 6.61. The Hall–Kier alpha value is -2.86. The lowest BCUT2D eigenvalue weighted by Gasteiger charge is -2.36. The normalized spacial score (nSPS) is 14.3. The number of piperazine rings is 1. The van der Waals surface area contributed by atoms with Gasteiger partial charge in [0.05, 0.1) is 6.26 Å². The summed E-state index contributed by atoms with van der Waals surface area (Å²) >= 11 is 6.17. The number of benzene rings is 1. The molecule has 4 rings (SSSR count). The maximum Gasteiger partial charge on any atom is 0.289 e. The Balaban J connectivity index is 1.55. The van der Waals surface area contributed by atoms with E-state index in [0.29, 0.717) is 38.4 Å². The summed E-state index contributed by atoms with van der Waals surface area (Å²) in [4.78, 5) is 25.9. The second kappa shape index (κ2) is 8.25. The Morgan fingerprint density at radius 3 is 2.59 bits per heavy atom. The number of furan rings is 1. The van der Waals surface area contributed by atoms with E-state index < -0.39 is 0 Å². The second-order valence-electron chi connectivity index (χ2n) is 7.22. The first kappa shape index (κ1) is 19.5. The number of halogens is 1. The van der Waals surface area contributed by atoms with Crippen LogP contribution in [0, 0.1) is 13.8 Å². The van der Waals surface area contributed by atoms with Gasteiger partial charge in [0.15, 0.2) is 5.76 Å². The van der Waals surface area contributed by atoms with Crippen molar-refractivity contribution in [1.82, 2.24) is 14.9 Å². The predicted octanol–water partition coefficient (Wildman–Crippen LogP) is 3.89. The van der Waals surface area contributed by atoms with Crippen molar-refractivity contribution in [3.05, 3.63) is 76.1 Å². The Kier molecular flexibility index (Phi) is 5.53. The third-order valence-corrected chi connectivity index (χ3v) is 5.41. The van der Waals surface area contributed by atoms with Crippen molar-refractivity contribution in [1.29, 1.82) is 0 Å². The van der Waals surface area contributed by atoms with Gasteiger partial charge in [-0.3, -0.25) is 4.79 Å². The van der Waals surface area contributed by atoms with Gasteiger partial charge in [-0.1, -0.05) is 23.7 Å². The van der Waals surface area contributed by atoms with Crippen LogP contribution in [0.4, 0.5) is 5.82 Å². The molecule has 3 heterocycles. The molecule has 1 aromatic carbocycles. The number of hydrogen-bond donors (Lipinski definition) is 0.